The molecule has 1 aliphatic rings. The van der Waals surface area contributed by atoms with Crippen molar-refractivity contribution in [3.05, 3.63) is 29.8 Å². The van der Waals surface area contributed by atoms with Crippen LogP contribution in [0.4, 0.5) is 10.5 Å². The Labute approximate surface area is 179 Å². The molecule has 0 spiro atoms. The molecule has 7 heteroatoms. The number of rotatable bonds is 4. The molecule has 5 nitrogen and oxygen atoms in total. The lowest BCUT2D eigenvalue weighted by Crippen LogP contribution is -2.59. The maximum atomic E-state index is 12.3. The van der Waals surface area contributed by atoms with Crippen molar-refractivity contribution in [2.24, 2.45) is 0 Å². The number of hydrogen-bond acceptors (Lipinski definition) is 4. The van der Waals surface area contributed by atoms with E-state index in [0.717, 1.165) is 5.56 Å². The van der Waals surface area contributed by atoms with Gasteiger partial charge in [-0.1, -0.05) is 51.4 Å². The number of anilines is 1. The summed E-state index contributed by atoms with van der Waals surface area (Å²) in [6, 6.07) is 8.49. The van der Waals surface area contributed by atoms with E-state index >= 15 is 0 Å². The van der Waals surface area contributed by atoms with Gasteiger partial charge >= 0.3 is 6.09 Å². The quantitative estimate of drug-likeness (QED) is 0.644. The number of piperidine rings is 1. The Morgan fingerprint density at radius 3 is 1.83 bits per heavy atom. The number of likely N-dealkylation sites (tertiary alicyclic amines) is 1. The maximum Gasteiger partial charge on any atom is 0.410 e. The SMILES string of the molecule is CC(C)(C)OC(=O)N1CCC(O)(c2ccc(N([Si](C)(C)C)[Si](C)(C)C)cc2)CC1. The summed E-state index contributed by atoms with van der Waals surface area (Å²) < 4.78 is 8.14. The van der Waals surface area contributed by atoms with Crippen LogP contribution in [0.3, 0.4) is 0 Å². The molecular weight excluding hydrogens is 396 g/mol. The van der Waals surface area contributed by atoms with Crippen LogP contribution in [0.25, 0.3) is 0 Å². The van der Waals surface area contributed by atoms with Gasteiger partial charge in [0.2, 0.25) is 0 Å². The smallest absolute Gasteiger partial charge is 0.410 e. The van der Waals surface area contributed by atoms with Crippen molar-refractivity contribution in [2.45, 2.75) is 84.1 Å². The third-order valence-electron chi connectivity index (χ3n) is 5.25. The van der Waals surface area contributed by atoms with Crippen LogP contribution in [0.1, 0.15) is 39.2 Å². The van der Waals surface area contributed by atoms with Crippen LogP contribution in [0.15, 0.2) is 24.3 Å². The number of aliphatic hydroxyl groups is 1. The third kappa shape index (κ3) is 6.09. The van der Waals surface area contributed by atoms with Gasteiger partial charge in [0.1, 0.15) is 22.1 Å². The lowest BCUT2D eigenvalue weighted by atomic mass is 9.84. The number of ether oxygens (including phenoxy) is 1. The summed E-state index contributed by atoms with van der Waals surface area (Å²) in [6.07, 6.45) is 0.755. The fourth-order valence-corrected chi connectivity index (χ4v) is 14.3. The first-order valence-corrected chi connectivity index (χ1v) is 17.5. The number of hydrogen-bond donors (Lipinski definition) is 1. The lowest BCUT2D eigenvalue weighted by molar-refractivity contribution is -0.0356. The van der Waals surface area contributed by atoms with Crippen LogP contribution in [-0.4, -0.2) is 51.3 Å². The van der Waals surface area contributed by atoms with E-state index in [9.17, 15) is 9.90 Å². The highest BCUT2D eigenvalue weighted by Gasteiger charge is 2.38. The molecule has 1 fully saturated rings. The van der Waals surface area contributed by atoms with E-state index in [1.807, 2.05) is 20.8 Å². The van der Waals surface area contributed by atoms with E-state index in [0.29, 0.717) is 25.9 Å². The number of benzene rings is 1. The molecule has 0 bridgehead atoms. The second kappa shape index (κ2) is 8.08. The summed E-state index contributed by atoms with van der Waals surface area (Å²) in [4.78, 5) is 14.0. The van der Waals surface area contributed by atoms with Crippen LogP contribution < -0.4 is 4.23 Å². The molecule has 1 N–H and O–H groups in total. The van der Waals surface area contributed by atoms with Crippen molar-refractivity contribution in [3.8, 4) is 0 Å². The van der Waals surface area contributed by atoms with E-state index in [2.05, 4.69) is 67.8 Å². The highest BCUT2D eigenvalue weighted by atomic mass is 28.4. The average Bonchev–Trinajstić information content (AvgIpc) is 2.51. The highest BCUT2D eigenvalue weighted by molar-refractivity contribution is 6.99. The van der Waals surface area contributed by atoms with Crippen LogP contribution >= 0.6 is 0 Å². The van der Waals surface area contributed by atoms with Crippen molar-refractivity contribution >= 4 is 28.3 Å². The predicted molar refractivity (Wildman–Crippen MR) is 127 cm³/mol. The summed E-state index contributed by atoms with van der Waals surface area (Å²) in [7, 11) is -3.01. The maximum absolute atomic E-state index is 12.3. The second-order valence-corrected chi connectivity index (χ2v) is 21.2. The highest BCUT2D eigenvalue weighted by Crippen LogP contribution is 2.35. The standard InChI is InChI=1S/C22H40N2O3Si2/c1-21(2,3)27-20(25)23-16-14-22(26,15-17-23)18-10-12-19(13-11-18)24(28(4,5)6)29(7,8)9/h10-13,26H,14-17H2,1-9H3. The lowest BCUT2D eigenvalue weighted by Gasteiger charge is -2.46. The molecule has 0 atom stereocenters. The summed E-state index contributed by atoms with van der Waals surface area (Å²) in [5.41, 5.74) is 0.817. The average molecular weight is 437 g/mol. The zero-order valence-electron chi connectivity index (χ0n) is 19.8. The van der Waals surface area contributed by atoms with Gasteiger partial charge in [-0.15, -0.1) is 0 Å². The zero-order valence-corrected chi connectivity index (χ0v) is 21.8. The minimum Gasteiger partial charge on any atom is -0.444 e. The van der Waals surface area contributed by atoms with Gasteiger partial charge in [0.05, 0.1) is 5.60 Å². The molecule has 1 heterocycles. The van der Waals surface area contributed by atoms with E-state index in [-0.39, 0.29) is 6.09 Å². The Bertz CT molecular complexity index is 694. The van der Waals surface area contributed by atoms with Gasteiger partial charge in [0, 0.05) is 18.8 Å². The largest absolute Gasteiger partial charge is 0.444 e. The van der Waals surface area contributed by atoms with E-state index in [1.165, 1.54) is 5.69 Å². The Morgan fingerprint density at radius 1 is 1.00 bits per heavy atom. The third-order valence-corrected chi connectivity index (χ3v) is 12.5. The molecule has 29 heavy (non-hydrogen) atoms. The number of carbonyl (C=O) groups excluding carboxylic acids is 1. The van der Waals surface area contributed by atoms with Crippen molar-refractivity contribution in [3.63, 3.8) is 0 Å². The summed E-state index contributed by atoms with van der Waals surface area (Å²) in [6.45, 7) is 20.9. The summed E-state index contributed by atoms with van der Waals surface area (Å²) in [5.74, 6) is 0. The Hall–Kier alpha value is -1.32. The molecule has 0 aliphatic carbocycles. The molecule has 164 valence electrons. The van der Waals surface area contributed by atoms with E-state index in [4.69, 9.17) is 4.74 Å². The molecule has 2 rings (SSSR count). The van der Waals surface area contributed by atoms with Gasteiger partial charge in [-0.05, 0) is 51.3 Å². The van der Waals surface area contributed by atoms with Gasteiger partial charge in [0.25, 0.3) is 0 Å². The van der Waals surface area contributed by atoms with Gasteiger partial charge in [-0.3, -0.25) is 0 Å². The van der Waals surface area contributed by atoms with Crippen LogP contribution in [0, 0.1) is 0 Å². The van der Waals surface area contributed by atoms with Gasteiger partial charge < -0.3 is 19.0 Å². The van der Waals surface area contributed by atoms with Crippen molar-refractivity contribution < 1.29 is 14.6 Å². The van der Waals surface area contributed by atoms with Gasteiger partial charge in [-0.2, -0.15) is 0 Å². The van der Waals surface area contributed by atoms with Crippen LogP contribution in [0.5, 0.6) is 0 Å². The molecule has 1 aromatic rings. The first-order chi connectivity index (χ1) is 13.0. The molecule has 0 radical (unpaired) electrons. The Kier molecular flexibility index (Phi) is 6.67. The molecule has 1 amide bonds. The zero-order chi connectivity index (χ0) is 22.3. The van der Waals surface area contributed by atoms with Crippen LogP contribution in [0.2, 0.25) is 39.3 Å². The fourth-order valence-electron chi connectivity index (χ4n) is 4.38. The Balaban J connectivity index is 2.13. The van der Waals surface area contributed by atoms with Crippen molar-refractivity contribution in [1.29, 1.82) is 0 Å². The second-order valence-electron chi connectivity index (χ2n) is 11.2. The normalized spacial score (nSPS) is 17.8. The molecular formula is C22H40N2O3Si2. The fraction of sp³-hybridized carbons (Fsp3) is 0.682. The monoisotopic (exact) mass is 436 g/mol. The van der Waals surface area contributed by atoms with Crippen LogP contribution in [-0.2, 0) is 10.3 Å². The molecule has 1 aromatic carbocycles. The van der Waals surface area contributed by atoms with Gasteiger partial charge in [0.15, 0.2) is 0 Å². The van der Waals surface area contributed by atoms with E-state index < -0.39 is 27.7 Å². The summed E-state index contributed by atoms with van der Waals surface area (Å²) >= 11 is 0. The van der Waals surface area contributed by atoms with Gasteiger partial charge in [-0.25, -0.2) is 4.79 Å². The number of nitrogens with zero attached hydrogens (tertiary/aromatic N) is 2. The van der Waals surface area contributed by atoms with E-state index in [1.54, 1.807) is 4.90 Å². The molecule has 1 saturated heterocycles. The molecule has 0 unspecified atom stereocenters. The summed E-state index contributed by atoms with van der Waals surface area (Å²) in [5, 5.41) is 11.2. The van der Waals surface area contributed by atoms with Crippen molar-refractivity contribution in [2.75, 3.05) is 17.3 Å². The molecule has 0 aromatic heterocycles. The molecule has 0 saturated carbocycles. The van der Waals surface area contributed by atoms with Crippen molar-refractivity contribution in [1.82, 2.24) is 4.90 Å². The first kappa shape index (κ1) is 24.0. The number of amides is 1. The Morgan fingerprint density at radius 2 is 1.45 bits per heavy atom. The first-order valence-electron chi connectivity index (χ1n) is 10.6. The minimum absolute atomic E-state index is 0.296. The number of carbonyl (C=O) groups is 1. The topological polar surface area (TPSA) is 53.0 Å². The molecule has 1 aliphatic heterocycles. The predicted octanol–water partition coefficient (Wildman–Crippen LogP) is 5.38. The minimum atomic E-state index is -1.51.